The van der Waals surface area contributed by atoms with Crippen LogP contribution in [0.5, 0.6) is 0 Å². The van der Waals surface area contributed by atoms with Gasteiger partial charge in [0.2, 0.25) is 0 Å². The van der Waals surface area contributed by atoms with Crippen molar-refractivity contribution in [2.24, 2.45) is 11.8 Å². The van der Waals surface area contributed by atoms with Crippen molar-refractivity contribution < 1.29 is 0 Å². The highest BCUT2D eigenvalue weighted by Crippen LogP contribution is 2.22. The van der Waals surface area contributed by atoms with E-state index in [1.54, 1.807) is 0 Å². The summed E-state index contributed by atoms with van der Waals surface area (Å²) in [5.41, 5.74) is 2.61. The molecule has 3 nitrogen and oxygen atoms in total. The van der Waals surface area contributed by atoms with E-state index < -0.39 is 0 Å². The van der Waals surface area contributed by atoms with Gasteiger partial charge in [-0.15, -0.1) is 0 Å². The van der Waals surface area contributed by atoms with E-state index in [9.17, 15) is 0 Å². The smallest absolute Gasteiger partial charge is 0.0600 e. The molecule has 0 spiro atoms. The van der Waals surface area contributed by atoms with E-state index in [0.717, 1.165) is 19.6 Å². The fourth-order valence-electron chi connectivity index (χ4n) is 2.30. The molecule has 0 bridgehead atoms. The third-order valence-corrected chi connectivity index (χ3v) is 3.25. The predicted octanol–water partition coefficient (Wildman–Crippen LogP) is 3.70. The number of pyridine rings is 1. The highest BCUT2D eigenvalue weighted by molar-refractivity contribution is 5.52. The third-order valence-electron chi connectivity index (χ3n) is 3.25. The maximum atomic E-state index is 4.33. The lowest BCUT2D eigenvalue weighted by Gasteiger charge is -2.32. The Kier molecular flexibility index (Phi) is 7.00. The molecule has 1 heterocycles. The predicted molar refractivity (Wildman–Crippen MR) is 88.1 cm³/mol. The SMILES string of the molecule is CC(C)CNCc1ccncc1N(CC(C)C)C(C)C. The molecule has 0 aromatic carbocycles. The number of nitrogens with zero attached hydrogens (tertiary/aromatic N) is 2. The van der Waals surface area contributed by atoms with Gasteiger partial charge in [0.25, 0.3) is 0 Å². The molecule has 114 valence electrons. The fourth-order valence-corrected chi connectivity index (χ4v) is 2.30. The molecule has 0 saturated carbocycles. The summed E-state index contributed by atoms with van der Waals surface area (Å²) in [6.07, 6.45) is 3.90. The number of anilines is 1. The normalized spacial score (nSPS) is 11.7. The lowest BCUT2D eigenvalue weighted by atomic mass is 10.1. The fraction of sp³-hybridized carbons (Fsp3) is 0.706. The summed E-state index contributed by atoms with van der Waals surface area (Å²) in [5.74, 6) is 1.33. The zero-order valence-corrected chi connectivity index (χ0v) is 14.0. The minimum atomic E-state index is 0.491. The minimum absolute atomic E-state index is 0.491. The molecule has 0 fully saturated rings. The van der Waals surface area contributed by atoms with E-state index in [2.05, 4.69) is 62.8 Å². The van der Waals surface area contributed by atoms with E-state index in [1.165, 1.54) is 11.3 Å². The molecule has 20 heavy (non-hydrogen) atoms. The molecule has 1 rings (SSSR count). The Balaban J connectivity index is 2.85. The topological polar surface area (TPSA) is 28.2 Å². The van der Waals surface area contributed by atoms with E-state index in [1.807, 2.05) is 12.4 Å². The van der Waals surface area contributed by atoms with Crippen LogP contribution in [0.1, 0.15) is 47.1 Å². The summed E-state index contributed by atoms with van der Waals surface area (Å²) in [4.78, 5) is 6.79. The maximum Gasteiger partial charge on any atom is 0.0600 e. The minimum Gasteiger partial charge on any atom is -0.367 e. The van der Waals surface area contributed by atoms with Gasteiger partial charge >= 0.3 is 0 Å². The zero-order valence-electron chi connectivity index (χ0n) is 14.0. The first-order valence-corrected chi connectivity index (χ1v) is 7.82. The molecule has 0 unspecified atom stereocenters. The summed E-state index contributed by atoms with van der Waals surface area (Å²) in [6.45, 7) is 16.5. The largest absolute Gasteiger partial charge is 0.367 e. The van der Waals surface area contributed by atoms with Crippen molar-refractivity contribution in [3.05, 3.63) is 24.0 Å². The molecule has 0 aliphatic heterocycles. The number of hydrogen-bond acceptors (Lipinski definition) is 3. The van der Waals surface area contributed by atoms with Crippen LogP contribution in [0, 0.1) is 11.8 Å². The van der Waals surface area contributed by atoms with Crippen molar-refractivity contribution in [2.45, 2.75) is 54.1 Å². The number of hydrogen-bond donors (Lipinski definition) is 1. The molecule has 0 atom stereocenters. The molecule has 3 heteroatoms. The second-order valence-electron chi connectivity index (χ2n) is 6.67. The number of aromatic nitrogens is 1. The standard InChI is InChI=1S/C17H31N3/c1-13(2)9-19-10-16-7-8-18-11-17(16)20(15(5)6)12-14(3)4/h7-8,11,13-15,19H,9-10,12H2,1-6H3. The van der Waals surface area contributed by atoms with Gasteiger partial charge in [0.15, 0.2) is 0 Å². The molecule has 1 aromatic heterocycles. The van der Waals surface area contributed by atoms with Crippen LogP contribution in [0.3, 0.4) is 0 Å². The van der Waals surface area contributed by atoms with Gasteiger partial charge in [-0.2, -0.15) is 0 Å². The van der Waals surface area contributed by atoms with Gasteiger partial charge in [-0.05, 0) is 43.9 Å². The van der Waals surface area contributed by atoms with Gasteiger partial charge in [0.05, 0.1) is 11.9 Å². The molecule has 1 N–H and O–H groups in total. The van der Waals surface area contributed by atoms with Crippen molar-refractivity contribution in [2.75, 3.05) is 18.0 Å². The second-order valence-corrected chi connectivity index (χ2v) is 6.67. The number of rotatable bonds is 8. The van der Waals surface area contributed by atoms with E-state index >= 15 is 0 Å². The van der Waals surface area contributed by atoms with Gasteiger partial charge in [-0.25, -0.2) is 0 Å². The Morgan fingerprint density at radius 2 is 1.80 bits per heavy atom. The van der Waals surface area contributed by atoms with Crippen LogP contribution in [0.15, 0.2) is 18.5 Å². The van der Waals surface area contributed by atoms with Gasteiger partial charge < -0.3 is 10.2 Å². The molecule has 0 radical (unpaired) electrons. The lowest BCUT2D eigenvalue weighted by molar-refractivity contribution is 0.545. The summed E-state index contributed by atoms with van der Waals surface area (Å²) >= 11 is 0. The average molecular weight is 277 g/mol. The van der Waals surface area contributed by atoms with Crippen molar-refractivity contribution in [1.29, 1.82) is 0 Å². The summed E-state index contributed by atoms with van der Waals surface area (Å²) in [5, 5.41) is 3.53. The Bertz CT molecular complexity index is 386. The first kappa shape index (κ1) is 17.0. The van der Waals surface area contributed by atoms with Crippen LogP contribution >= 0.6 is 0 Å². The van der Waals surface area contributed by atoms with Gasteiger partial charge in [-0.3, -0.25) is 4.98 Å². The third kappa shape index (κ3) is 5.49. The average Bonchev–Trinajstić information content (AvgIpc) is 2.36. The van der Waals surface area contributed by atoms with Crippen molar-refractivity contribution in [3.8, 4) is 0 Å². The first-order chi connectivity index (χ1) is 9.41. The van der Waals surface area contributed by atoms with Gasteiger partial charge in [-0.1, -0.05) is 27.7 Å². The van der Waals surface area contributed by atoms with E-state index in [-0.39, 0.29) is 0 Å². The van der Waals surface area contributed by atoms with E-state index in [0.29, 0.717) is 17.9 Å². The van der Waals surface area contributed by atoms with Crippen LogP contribution in [-0.2, 0) is 6.54 Å². The summed E-state index contributed by atoms with van der Waals surface area (Å²) < 4.78 is 0. The van der Waals surface area contributed by atoms with Gasteiger partial charge in [0.1, 0.15) is 0 Å². The zero-order chi connectivity index (χ0) is 15.1. The first-order valence-electron chi connectivity index (χ1n) is 7.82. The van der Waals surface area contributed by atoms with Crippen molar-refractivity contribution in [3.63, 3.8) is 0 Å². The monoisotopic (exact) mass is 277 g/mol. The van der Waals surface area contributed by atoms with Crippen LogP contribution < -0.4 is 10.2 Å². The Morgan fingerprint density at radius 1 is 1.10 bits per heavy atom. The second kappa shape index (κ2) is 8.25. The molecular formula is C17H31N3. The lowest BCUT2D eigenvalue weighted by Crippen LogP contribution is -2.35. The highest BCUT2D eigenvalue weighted by Gasteiger charge is 2.15. The van der Waals surface area contributed by atoms with Gasteiger partial charge in [0, 0.05) is 25.3 Å². The Morgan fingerprint density at radius 3 is 2.35 bits per heavy atom. The molecule has 0 aliphatic carbocycles. The Hall–Kier alpha value is -1.09. The molecule has 0 amide bonds. The quantitative estimate of drug-likeness (QED) is 0.785. The molecule has 1 aromatic rings. The summed E-state index contributed by atoms with van der Waals surface area (Å²) in [7, 11) is 0. The maximum absolute atomic E-state index is 4.33. The Labute approximate surface area is 124 Å². The van der Waals surface area contributed by atoms with Crippen LogP contribution in [0.25, 0.3) is 0 Å². The van der Waals surface area contributed by atoms with Crippen LogP contribution in [-0.4, -0.2) is 24.1 Å². The van der Waals surface area contributed by atoms with Crippen molar-refractivity contribution in [1.82, 2.24) is 10.3 Å². The molecule has 0 saturated heterocycles. The van der Waals surface area contributed by atoms with E-state index in [4.69, 9.17) is 0 Å². The highest BCUT2D eigenvalue weighted by atomic mass is 15.2. The molecular weight excluding hydrogens is 246 g/mol. The molecule has 0 aliphatic rings. The van der Waals surface area contributed by atoms with Crippen molar-refractivity contribution >= 4 is 5.69 Å². The summed E-state index contributed by atoms with van der Waals surface area (Å²) in [6, 6.07) is 2.63. The van der Waals surface area contributed by atoms with Crippen LogP contribution in [0.2, 0.25) is 0 Å². The van der Waals surface area contributed by atoms with Crippen LogP contribution in [0.4, 0.5) is 5.69 Å². The number of nitrogens with one attached hydrogen (secondary N) is 1.